The van der Waals surface area contributed by atoms with Gasteiger partial charge >= 0.3 is 0 Å². The van der Waals surface area contributed by atoms with E-state index in [2.05, 4.69) is 37.6 Å². The molecule has 8 heteroatoms. The standard InChI is InChI=1S/C20H24N6O.HI/c1-26(2)20(21-13-15-7-5-4-6-8-15)22-14-18-23-19(25-24-18)16-9-11-17(27-3)12-10-16;/h4-12H,13-14H2,1-3H3,(H,21,22)(H,23,24,25);1H. The Balaban J connectivity index is 0.00000280. The third kappa shape index (κ3) is 5.95. The van der Waals surface area contributed by atoms with Crippen LogP contribution in [0.25, 0.3) is 11.4 Å². The second kappa shape index (κ2) is 10.6. The molecule has 0 aliphatic heterocycles. The van der Waals surface area contributed by atoms with Crippen LogP contribution in [0.3, 0.4) is 0 Å². The van der Waals surface area contributed by atoms with Crippen LogP contribution in [0.5, 0.6) is 5.75 Å². The molecule has 7 nitrogen and oxygen atoms in total. The number of H-pyrrole nitrogens is 1. The van der Waals surface area contributed by atoms with Gasteiger partial charge in [0.25, 0.3) is 0 Å². The lowest BCUT2D eigenvalue weighted by Crippen LogP contribution is -2.36. The highest BCUT2D eigenvalue weighted by Crippen LogP contribution is 2.18. The van der Waals surface area contributed by atoms with Crippen molar-refractivity contribution in [2.24, 2.45) is 4.99 Å². The number of ether oxygens (including phenoxy) is 1. The molecule has 0 spiro atoms. The number of hydrogen-bond acceptors (Lipinski definition) is 4. The van der Waals surface area contributed by atoms with Crippen molar-refractivity contribution in [3.8, 4) is 17.1 Å². The molecule has 0 amide bonds. The second-order valence-electron chi connectivity index (χ2n) is 6.21. The number of benzene rings is 2. The van der Waals surface area contributed by atoms with Gasteiger partial charge in [-0.15, -0.1) is 24.0 Å². The predicted molar refractivity (Wildman–Crippen MR) is 122 cm³/mol. The Morgan fingerprint density at radius 2 is 1.82 bits per heavy atom. The van der Waals surface area contributed by atoms with Gasteiger partial charge in [0.2, 0.25) is 0 Å². The lowest BCUT2D eigenvalue weighted by molar-refractivity contribution is 0.415. The Hall–Kier alpha value is -2.62. The number of nitrogens with one attached hydrogen (secondary N) is 2. The van der Waals surface area contributed by atoms with E-state index in [9.17, 15) is 0 Å². The maximum Gasteiger partial charge on any atom is 0.194 e. The summed E-state index contributed by atoms with van der Waals surface area (Å²) in [6.07, 6.45) is 0. The van der Waals surface area contributed by atoms with Crippen molar-refractivity contribution < 1.29 is 4.74 Å². The molecule has 0 fully saturated rings. The minimum absolute atomic E-state index is 0. The van der Waals surface area contributed by atoms with Crippen molar-refractivity contribution >= 4 is 29.9 Å². The zero-order valence-electron chi connectivity index (χ0n) is 16.2. The molecular weight excluding hydrogens is 467 g/mol. The minimum Gasteiger partial charge on any atom is -0.497 e. The summed E-state index contributed by atoms with van der Waals surface area (Å²) in [6.45, 7) is 1.13. The number of aromatic amines is 1. The summed E-state index contributed by atoms with van der Waals surface area (Å²) >= 11 is 0. The summed E-state index contributed by atoms with van der Waals surface area (Å²) in [4.78, 5) is 11.1. The lowest BCUT2D eigenvalue weighted by Gasteiger charge is -2.16. The van der Waals surface area contributed by atoms with Crippen LogP contribution in [0.1, 0.15) is 11.4 Å². The molecule has 0 atom stereocenters. The average molecular weight is 492 g/mol. The molecule has 0 bridgehead atoms. The van der Waals surface area contributed by atoms with Gasteiger partial charge in [-0.05, 0) is 29.8 Å². The van der Waals surface area contributed by atoms with Gasteiger partial charge in [-0.2, -0.15) is 5.10 Å². The van der Waals surface area contributed by atoms with Gasteiger partial charge in [0.05, 0.1) is 20.2 Å². The van der Waals surface area contributed by atoms with Gasteiger partial charge in [0, 0.05) is 19.7 Å². The first kappa shape index (κ1) is 21.7. The van der Waals surface area contributed by atoms with Gasteiger partial charge in [0.1, 0.15) is 11.6 Å². The fraction of sp³-hybridized carbons (Fsp3) is 0.250. The number of aromatic nitrogens is 3. The Morgan fingerprint density at radius 1 is 1.11 bits per heavy atom. The average Bonchev–Trinajstić information content (AvgIpc) is 3.17. The quantitative estimate of drug-likeness (QED) is 0.314. The fourth-order valence-corrected chi connectivity index (χ4v) is 2.51. The molecule has 28 heavy (non-hydrogen) atoms. The molecule has 2 N–H and O–H groups in total. The Morgan fingerprint density at radius 3 is 2.46 bits per heavy atom. The van der Waals surface area contributed by atoms with E-state index in [1.165, 1.54) is 5.56 Å². The molecular formula is C20H25IN6O. The predicted octanol–water partition coefficient (Wildman–Crippen LogP) is 3.31. The van der Waals surface area contributed by atoms with Crippen LogP contribution >= 0.6 is 24.0 Å². The van der Waals surface area contributed by atoms with Crippen molar-refractivity contribution in [1.29, 1.82) is 0 Å². The van der Waals surface area contributed by atoms with Gasteiger partial charge in [-0.25, -0.2) is 9.98 Å². The zero-order chi connectivity index (χ0) is 19.1. The van der Waals surface area contributed by atoms with E-state index < -0.39 is 0 Å². The number of methoxy groups -OCH3 is 1. The summed E-state index contributed by atoms with van der Waals surface area (Å²) in [5.74, 6) is 3.00. The van der Waals surface area contributed by atoms with E-state index >= 15 is 0 Å². The Kier molecular flexibility index (Phi) is 8.24. The van der Waals surface area contributed by atoms with Crippen LogP contribution in [0.4, 0.5) is 0 Å². The van der Waals surface area contributed by atoms with E-state index in [4.69, 9.17) is 4.74 Å². The fourth-order valence-electron chi connectivity index (χ4n) is 2.51. The first-order chi connectivity index (χ1) is 13.2. The smallest absolute Gasteiger partial charge is 0.194 e. The summed E-state index contributed by atoms with van der Waals surface area (Å²) in [6, 6.07) is 17.8. The number of nitrogens with zero attached hydrogens (tertiary/aromatic N) is 4. The molecule has 2 aromatic carbocycles. The van der Waals surface area contributed by atoms with Crippen LogP contribution in [-0.2, 0) is 13.1 Å². The normalized spacial score (nSPS) is 10.9. The van der Waals surface area contributed by atoms with Crippen LogP contribution in [0.2, 0.25) is 0 Å². The number of aliphatic imine (C=N–C) groups is 1. The van der Waals surface area contributed by atoms with Crippen LogP contribution in [-0.4, -0.2) is 47.2 Å². The molecule has 0 saturated heterocycles. The highest BCUT2D eigenvalue weighted by atomic mass is 127. The van der Waals surface area contributed by atoms with Crippen LogP contribution in [0, 0.1) is 0 Å². The summed E-state index contributed by atoms with van der Waals surface area (Å²) in [5.41, 5.74) is 2.10. The van der Waals surface area contributed by atoms with E-state index in [-0.39, 0.29) is 24.0 Å². The van der Waals surface area contributed by atoms with Crippen molar-refractivity contribution in [3.05, 3.63) is 66.0 Å². The van der Waals surface area contributed by atoms with E-state index in [0.29, 0.717) is 18.9 Å². The van der Waals surface area contributed by atoms with E-state index in [1.807, 2.05) is 61.5 Å². The molecule has 0 aliphatic rings. The van der Waals surface area contributed by atoms with Crippen molar-refractivity contribution in [2.45, 2.75) is 13.1 Å². The van der Waals surface area contributed by atoms with Crippen molar-refractivity contribution in [2.75, 3.05) is 21.2 Å². The molecule has 148 valence electrons. The molecule has 0 aliphatic carbocycles. The molecule has 0 unspecified atom stereocenters. The minimum atomic E-state index is 0. The maximum absolute atomic E-state index is 5.18. The van der Waals surface area contributed by atoms with Gasteiger partial charge < -0.3 is 15.0 Å². The molecule has 0 saturated carbocycles. The maximum atomic E-state index is 5.18. The molecule has 3 aromatic rings. The molecule has 3 rings (SSSR count). The molecule has 0 radical (unpaired) electrons. The first-order valence-corrected chi connectivity index (χ1v) is 8.71. The van der Waals surface area contributed by atoms with Gasteiger partial charge in [-0.1, -0.05) is 30.3 Å². The monoisotopic (exact) mass is 492 g/mol. The van der Waals surface area contributed by atoms with Crippen LogP contribution < -0.4 is 10.1 Å². The number of hydrogen-bond donors (Lipinski definition) is 2. The summed E-state index contributed by atoms with van der Waals surface area (Å²) in [5, 5.41) is 10.6. The summed E-state index contributed by atoms with van der Waals surface area (Å²) in [7, 11) is 5.56. The third-order valence-electron chi connectivity index (χ3n) is 3.97. The van der Waals surface area contributed by atoms with Crippen molar-refractivity contribution in [3.63, 3.8) is 0 Å². The highest BCUT2D eigenvalue weighted by molar-refractivity contribution is 14.0. The van der Waals surface area contributed by atoms with Crippen molar-refractivity contribution in [1.82, 2.24) is 25.4 Å². The SMILES string of the molecule is COc1ccc(-c2n[nH]c(CNC(=NCc3ccccc3)N(C)C)n2)cc1.I. The number of halogens is 1. The second-order valence-corrected chi connectivity index (χ2v) is 6.21. The third-order valence-corrected chi connectivity index (χ3v) is 3.97. The topological polar surface area (TPSA) is 78.4 Å². The highest BCUT2D eigenvalue weighted by Gasteiger charge is 2.08. The summed E-state index contributed by atoms with van der Waals surface area (Å²) < 4.78 is 5.18. The number of guanidine groups is 1. The van der Waals surface area contributed by atoms with E-state index in [0.717, 1.165) is 23.1 Å². The number of rotatable bonds is 6. The van der Waals surface area contributed by atoms with Gasteiger partial charge in [-0.3, -0.25) is 5.10 Å². The zero-order valence-corrected chi connectivity index (χ0v) is 18.5. The molecule has 1 aromatic heterocycles. The largest absolute Gasteiger partial charge is 0.497 e. The van der Waals surface area contributed by atoms with Gasteiger partial charge in [0.15, 0.2) is 11.8 Å². The Labute approximate surface area is 182 Å². The van der Waals surface area contributed by atoms with Crippen LogP contribution in [0.15, 0.2) is 59.6 Å². The van der Waals surface area contributed by atoms with E-state index in [1.54, 1.807) is 7.11 Å². The lowest BCUT2D eigenvalue weighted by atomic mass is 10.2. The molecule has 1 heterocycles. The Bertz CT molecular complexity index is 877. The first-order valence-electron chi connectivity index (χ1n) is 8.71.